The molecule has 2 atom stereocenters. The largest absolute Gasteiger partial charge is 0.391 e. The summed E-state index contributed by atoms with van der Waals surface area (Å²) in [5.41, 5.74) is 1.82. The van der Waals surface area contributed by atoms with Gasteiger partial charge in [-0.05, 0) is 37.0 Å². The Kier molecular flexibility index (Phi) is 4.96. The van der Waals surface area contributed by atoms with Crippen molar-refractivity contribution in [2.75, 3.05) is 11.4 Å². The number of nitrogens with zero attached hydrogens (tertiary/aromatic N) is 1. The minimum Gasteiger partial charge on any atom is -0.391 e. The predicted molar refractivity (Wildman–Crippen MR) is 88.1 cm³/mol. The molecule has 2 fully saturated rings. The number of anilines is 1. The van der Waals surface area contributed by atoms with Crippen LogP contribution in [-0.4, -0.2) is 35.6 Å². The van der Waals surface area contributed by atoms with E-state index in [1.54, 1.807) is 4.90 Å². The van der Waals surface area contributed by atoms with Crippen LogP contribution in [0.3, 0.4) is 0 Å². The summed E-state index contributed by atoms with van der Waals surface area (Å²) in [7, 11) is 0. The molecule has 1 aromatic rings. The lowest BCUT2D eigenvalue weighted by Gasteiger charge is -2.28. The van der Waals surface area contributed by atoms with Gasteiger partial charge in [0.1, 0.15) is 0 Å². The zero-order chi connectivity index (χ0) is 16.2. The molecular weight excluding hydrogens is 292 g/mol. The van der Waals surface area contributed by atoms with E-state index >= 15 is 0 Å². The van der Waals surface area contributed by atoms with E-state index in [0.29, 0.717) is 12.8 Å². The zero-order valence-electron chi connectivity index (χ0n) is 13.3. The summed E-state index contributed by atoms with van der Waals surface area (Å²) < 4.78 is 0. The van der Waals surface area contributed by atoms with Crippen molar-refractivity contribution in [2.24, 2.45) is 0 Å². The van der Waals surface area contributed by atoms with E-state index in [1.807, 2.05) is 24.3 Å². The van der Waals surface area contributed by atoms with Gasteiger partial charge in [0.05, 0.1) is 18.6 Å². The molecule has 5 nitrogen and oxygen atoms in total. The molecule has 0 spiro atoms. The van der Waals surface area contributed by atoms with Crippen LogP contribution >= 0.6 is 0 Å². The number of aliphatic hydroxyl groups excluding tert-OH is 1. The van der Waals surface area contributed by atoms with Gasteiger partial charge in [-0.1, -0.05) is 25.0 Å². The van der Waals surface area contributed by atoms with Gasteiger partial charge < -0.3 is 15.3 Å². The SMILES string of the molecule is O=C(Cc1ccc(N2CCCC2=O)cc1)NC1CCCCC1O. The van der Waals surface area contributed by atoms with E-state index in [9.17, 15) is 14.7 Å². The van der Waals surface area contributed by atoms with Gasteiger partial charge in [0, 0.05) is 18.7 Å². The normalized spacial score (nSPS) is 24.7. The maximum atomic E-state index is 12.1. The molecule has 1 aliphatic carbocycles. The highest BCUT2D eigenvalue weighted by atomic mass is 16.3. The topological polar surface area (TPSA) is 69.6 Å². The van der Waals surface area contributed by atoms with Gasteiger partial charge in [0.25, 0.3) is 0 Å². The molecule has 3 rings (SSSR count). The molecule has 0 radical (unpaired) electrons. The van der Waals surface area contributed by atoms with E-state index in [-0.39, 0.29) is 17.9 Å². The summed E-state index contributed by atoms with van der Waals surface area (Å²) >= 11 is 0. The lowest BCUT2D eigenvalue weighted by Crippen LogP contribution is -2.45. The fourth-order valence-corrected chi connectivity index (χ4v) is 3.44. The highest BCUT2D eigenvalue weighted by Crippen LogP contribution is 2.22. The van der Waals surface area contributed by atoms with Gasteiger partial charge in [-0.2, -0.15) is 0 Å². The maximum absolute atomic E-state index is 12.1. The molecule has 1 aromatic carbocycles. The lowest BCUT2D eigenvalue weighted by molar-refractivity contribution is -0.122. The van der Waals surface area contributed by atoms with E-state index in [0.717, 1.165) is 49.9 Å². The Morgan fingerprint density at radius 2 is 1.91 bits per heavy atom. The molecule has 1 saturated heterocycles. The molecule has 1 heterocycles. The van der Waals surface area contributed by atoms with E-state index < -0.39 is 6.10 Å². The van der Waals surface area contributed by atoms with Crippen molar-refractivity contribution in [3.63, 3.8) is 0 Å². The second kappa shape index (κ2) is 7.13. The summed E-state index contributed by atoms with van der Waals surface area (Å²) in [6.45, 7) is 0.776. The van der Waals surface area contributed by atoms with Gasteiger partial charge >= 0.3 is 0 Å². The molecular formula is C18H24N2O3. The number of hydrogen-bond acceptors (Lipinski definition) is 3. The average Bonchev–Trinajstić information content (AvgIpc) is 2.96. The summed E-state index contributed by atoms with van der Waals surface area (Å²) in [4.78, 5) is 25.7. The standard InChI is InChI=1S/C18H24N2O3/c21-16-5-2-1-4-15(16)19-17(22)12-13-7-9-14(10-8-13)20-11-3-6-18(20)23/h7-10,15-16,21H,1-6,11-12H2,(H,19,22). The molecule has 2 N–H and O–H groups in total. The third kappa shape index (κ3) is 3.91. The van der Waals surface area contributed by atoms with Crippen LogP contribution in [0, 0.1) is 0 Å². The molecule has 23 heavy (non-hydrogen) atoms. The van der Waals surface area contributed by atoms with Crippen LogP contribution in [0.25, 0.3) is 0 Å². The Labute approximate surface area is 136 Å². The van der Waals surface area contributed by atoms with Crippen molar-refractivity contribution >= 4 is 17.5 Å². The number of amides is 2. The second-order valence-electron chi connectivity index (χ2n) is 6.52. The Balaban J connectivity index is 1.55. The Morgan fingerprint density at radius 1 is 1.17 bits per heavy atom. The average molecular weight is 316 g/mol. The molecule has 2 aliphatic rings. The third-order valence-corrected chi connectivity index (χ3v) is 4.76. The first-order valence-electron chi connectivity index (χ1n) is 8.50. The van der Waals surface area contributed by atoms with E-state index in [4.69, 9.17) is 0 Å². The van der Waals surface area contributed by atoms with Crippen molar-refractivity contribution in [1.29, 1.82) is 0 Å². The quantitative estimate of drug-likeness (QED) is 0.889. The molecule has 2 amide bonds. The van der Waals surface area contributed by atoms with Crippen LogP contribution in [0.1, 0.15) is 44.1 Å². The molecule has 2 unspecified atom stereocenters. The van der Waals surface area contributed by atoms with Gasteiger partial charge in [-0.15, -0.1) is 0 Å². The number of carbonyl (C=O) groups excluding carboxylic acids is 2. The number of carbonyl (C=O) groups is 2. The Hall–Kier alpha value is -1.88. The molecule has 0 aromatic heterocycles. The van der Waals surface area contributed by atoms with Crippen molar-refractivity contribution in [2.45, 2.75) is 57.1 Å². The van der Waals surface area contributed by atoms with Gasteiger partial charge in [-0.3, -0.25) is 9.59 Å². The fourth-order valence-electron chi connectivity index (χ4n) is 3.44. The zero-order valence-corrected chi connectivity index (χ0v) is 13.3. The fraction of sp³-hybridized carbons (Fsp3) is 0.556. The van der Waals surface area contributed by atoms with Gasteiger partial charge in [0.2, 0.25) is 11.8 Å². The van der Waals surface area contributed by atoms with Crippen LogP contribution in [0.4, 0.5) is 5.69 Å². The van der Waals surface area contributed by atoms with E-state index in [2.05, 4.69) is 5.32 Å². The highest BCUT2D eigenvalue weighted by Gasteiger charge is 2.24. The third-order valence-electron chi connectivity index (χ3n) is 4.76. The summed E-state index contributed by atoms with van der Waals surface area (Å²) in [6.07, 6.45) is 5.12. The lowest BCUT2D eigenvalue weighted by atomic mass is 9.92. The maximum Gasteiger partial charge on any atom is 0.227 e. The molecule has 1 aliphatic heterocycles. The van der Waals surface area contributed by atoms with Gasteiger partial charge in [0.15, 0.2) is 0 Å². The predicted octanol–water partition coefficient (Wildman–Crippen LogP) is 1.78. The highest BCUT2D eigenvalue weighted by molar-refractivity contribution is 5.95. The molecule has 1 saturated carbocycles. The first-order chi connectivity index (χ1) is 11.1. The summed E-state index contributed by atoms with van der Waals surface area (Å²) in [5.74, 6) is 0.114. The van der Waals surface area contributed by atoms with Crippen molar-refractivity contribution in [3.8, 4) is 0 Å². The van der Waals surface area contributed by atoms with Crippen LogP contribution in [0.5, 0.6) is 0 Å². The van der Waals surface area contributed by atoms with Gasteiger partial charge in [-0.25, -0.2) is 0 Å². The monoisotopic (exact) mass is 316 g/mol. The van der Waals surface area contributed by atoms with Crippen LogP contribution in [-0.2, 0) is 16.0 Å². The second-order valence-corrected chi connectivity index (χ2v) is 6.52. The van der Waals surface area contributed by atoms with Crippen molar-refractivity contribution in [1.82, 2.24) is 5.32 Å². The smallest absolute Gasteiger partial charge is 0.227 e. The van der Waals surface area contributed by atoms with Crippen molar-refractivity contribution < 1.29 is 14.7 Å². The van der Waals surface area contributed by atoms with Crippen LogP contribution in [0.2, 0.25) is 0 Å². The Morgan fingerprint density at radius 3 is 2.57 bits per heavy atom. The minimum absolute atomic E-state index is 0.0547. The van der Waals surface area contributed by atoms with Crippen molar-refractivity contribution in [3.05, 3.63) is 29.8 Å². The number of benzene rings is 1. The summed E-state index contributed by atoms with van der Waals surface area (Å²) in [5, 5.41) is 12.9. The number of nitrogens with one attached hydrogen (secondary N) is 1. The summed E-state index contributed by atoms with van der Waals surface area (Å²) in [6, 6.07) is 7.50. The Bertz CT molecular complexity index is 570. The molecule has 5 heteroatoms. The first-order valence-corrected chi connectivity index (χ1v) is 8.50. The first kappa shape index (κ1) is 16.0. The van der Waals surface area contributed by atoms with Crippen LogP contribution < -0.4 is 10.2 Å². The molecule has 0 bridgehead atoms. The number of rotatable bonds is 4. The minimum atomic E-state index is -0.420. The van der Waals surface area contributed by atoms with E-state index in [1.165, 1.54) is 0 Å². The molecule has 124 valence electrons. The number of hydrogen-bond donors (Lipinski definition) is 2. The number of aliphatic hydroxyl groups is 1. The van der Waals surface area contributed by atoms with Crippen LogP contribution in [0.15, 0.2) is 24.3 Å².